The molecule has 4 nitrogen and oxygen atoms in total. The number of sulfonamides is 1. The van der Waals surface area contributed by atoms with Gasteiger partial charge >= 0.3 is 0 Å². The van der Waals surface area contributed by atoms with E-state index in [1.54, 1.807) is 35.6 Å². The molecule has 0 aliphatic carbocycles. The molecule has 2 heterocycles. The number of nitrogens with zero attached hydrogens (tertiary/aromatic N) is 1. The van der Waals surface area contributed by atoms with E-state index >= 15 is 0 Å². The van der Waals surface area contributed by atoms with Crippen molar-refractivity contribution in [2.24, 2.45) is 0 Å². The molecule has 0 amide bonds. The van der Waals surface area contributed by atoms with E-state index in [0.717, 1.165) is 13.1 Å². The molecule has 1 N–H and O–H groups in total. The number of hydrogen-bond acceptors (Lipinski definition) is 4. The lowest BCUT2D eigenvalue weighted by Gasteiger charge is -2.30. The van der Waals surface area contributed by atoms with Crippen LogP contribution < -0.4 is 4.72 Å². The fraction of sp³-hybridized carbons (Fsp3) is 0.444. The molecule has 1 aliphatic rings. The second-order valence-electron chi connectivity index (χ2n) is 6.19. The van der Waals surface area contributed by atoms with Gasteiger partial charge in [0.05, 0.1) is 4.90 Å². The first-order chi connectivity index (χ1) is 11.7. The van der Waals surface area contributed by atoms with E-state index in [1.165, 1.54) is 31.2 Å². The Hall–Kier alpha value is -1.21. The van der Waals surface area contributed by atoms with Gasteiger partial charge in [-0.2, -0.15) is 11.3 Å². The second kappa shape index (κ2) is 8.25. The van der Waals surface area contributed by atoms with Gasteiger partial charge in [0.15, 0.2) is 0 Å². The fourth-order valence-corrected chi connectivity index (χ4v) is 4.97. The number of benzene rings is 1. The molecule has 1 aliphatic heterocycles. The summed E-state index contributed by atoms with van der Waals surface area (Å²) in [5.41, 5.74) is 1.21. The summed E-state index contributed by atoms with van der Waals surface area (Å²) < 4.78 is 27.9. The molecule has 2 aromatic rings. The summed E-state index contributed by atoms with van der Waals surface area (Å²) in [6.07, 6.45) is 4.91. The summed E-state index contributed by atoms with van der Waals surface area (Å²) >= 11 is 1.66. The third-order valence-corrected chi connectivity index (χ3v) is 6.67. The van der Waals surface area contributed by atoms with Gasteiger partial charge in [0, 0.05) is 12.6 Å². The van der Waals surface area contributed by atoms with Crippen molar-refractivity contribution in [3.05, 3.63) is 52.7 Å². The average molecular weight is 365 g/mol. The highest BCUT2D eigenvalue weighted by Gasteiger charge is 2.24. The number of likely N-dealkylation sites (tertiary alicyclic amines) is 1. The van der Waals surface area contributed by atoms with Gasteiger partial charge < -0.3 is 0 Å². The maximum absolute atomic E-state index is 12.5. The minimum absolute atomic E-state index is 0.104. The van der Waals surface area contributed by atoms with Crippen molar-refractivity contribution < 1.29 is 8.42 Å². The van der Waals surface area contributed by atoms with Crippen LogP contribution in [0.5, 0.6) is 0 Å². The van der Waals surface area contributed by atoms with E-state index in [-0.39, 0.29) is 6.04 Å². The third kappa shape index (κ3) is 4.45. The first-order valence-corrected chi connectivity index (χ1v) is 10.9. The van der Waals surface area contributed by atoms with E-state index in [9.17, 15) is 8.42 Å². The first kappa shape index (κ1) is 17.6. The predicted molar refractivity (Wildman–Crippen MR) is 98.7 cm³/mol. The molecule has 24 heavy (non-hydrogen) atoms. The Kier molecular flexibility index (Phi) is 6.05. The third-order valence-electron chi connectivity index (χ3n) is 4.53. The van der Waals surface area contributed by atoms with E-state index in [0.29, 0.717) is 11.4 Å². The Morgan fingerprint density at radius 1 is 1.04 bits per heavy atom. The second-order valence-corrected chi connectivity index (χ2v) is 8.73. The molecule has 130 valence electrons. The molecular weight excluding hydrogens is 340 g/mol. The molecule has 1 aromatic carbocycles. The van der Waals surface area contributed by atoms with Crippen LogP contribution in [0.3, 0.4) is 0 Å². The molecule has 0 unspecified atom stereocenters. The Morgan fingerprint density at radius 3 is 2.38 bits per heavy atom. The monoisotopic (exact) mass is 364 g/mol. The summed E-state index contributed by atoms with van der Waals surface area (Å²) in [5.74, 6) is 0. The van der Waals surface area contributed by atoms with Gasteiger partial charge in [0.25, 0.3) is 0 Å². The van der Waals surface area contributed by atoms with E-state index in [2.05, 4.69) is 26.4 Å². The van der Waals surface area contributed by atoms with Crippen LogP contribution in [0.25, 0.3) is 0 Å². The molecule has 1 aromatic heterocycles. The van der Waals surface area contributed by atoms with E-state index in [1.807, 2.05) is 6.07 Å². The number of rotatable bonds is 6. The van der Waals surface area contributed by atoms with Crippen LogP contribution in [0.4, 0.5) is 0 Å². The van der Waals surface area contributed by atoms with Gasteiger partial charge in [0.1, 0.15) is 0 Å². The van der Waals surface area contributed by atoms with Crippen LogP contribution in [-0.4, -0.2) is 33.0 Å². The van der Waals surface area contributed by atoms with Gasteiger partial charge in [-0.15, -0.1) is 0 Å². The first-order valence-electron chi connectivity index (χ1n) is 8.48. The van der Waals surface area contributed by atoms with Gasteiger partial charge in [-0.1, -0.05) is 31.0 Å². The largest absolute Gasteiger partial charge is 0.295 e. The van der Waals surface area contributed by atoms with Gasteiger partial charge in [-0.05, 0) is 60.5 Å². The SMILES string of the molecule is O=S(=O)(NC[C@@H](c1ccsc1)N1CCCCCC1)c1ccccc1. The highest BCUT2D eigenvalue weighted by molar-refractivity contribution is 7.89. The van der Waals surface area contributed by atoms with Gasteiger partial charge in [-0.3, -0.25) is 4.90 Å². The van der Waals surface area contributed by atoms with Crippen molar-refractivity contribution in [1.29, 1.82) is 0 Å². The molecule has 1 saturated heterocycles. The van der Waals surface area contributed by atoms with Crippen LogP contribution in [0.2, 0.25) is 0 Å². The lowest BCUT2D eigenvalue weighted by Crippen LogP contribution is -2.38. The zero-order chi connectivity index (χ0) is 16.8. The van der Waals surface area contributed by atoms with Crippen molar-refractivity contribution in [3.63, 3.8) is 0 Å². The highest BCUT2D eigenvalue weighted by atomic mass is 32.2. The van der Waals surface area contributed by atoms with Crippen LogP contribution in [0.15, 0.2) is 52.1 Å². The Morgan fingerprint density at radius 2 is 1.75 bits per heavy atom. The lowest BCUT2D eigenvalue weighted by atomic mass is 10.1. The average Bonchev–Trinajstić information content (AvgIpc) is 2.99. The minimum Gasteiger partial charge on any atom is -0.295 e. The molecule has 3 rings (SSSR count). The van der Waals surface area contributed by atoms with E-state index in [4.69, 9.17) is 0 Å². The lowest BCUT2D eigenvalue weighted by molar-refractivity contribution is 0.206. The van der Waals surface area contributed by atoms with Crippen molar-refractivity contribution in [3.8, 4) is 0 Å². The minimum atomic E-state index is -3.47. The molecule has 1 fully saturated rings. The van der Waals surface area contributed by atoms with Crippen molar-refractivity contribution in [1.82, 2.24) is 9.62 Å². The van der Waals surface area contributed by atoms with Crippen LogP contribution in [-0.2, 0) is 10.0 Å². The highest BCUT2D eigenvalue weighted by Crippen LogP contribution is 2.26. The number of nitrogens with one attached hydrogen (secondary N) is 1. The summed E-state index contributed by atoms with van der Waals surface area (Å²) in [6.45, 7) is 2.48. The smallest absolute Gasteiger partial charge is 0.240 e. The summed E-state index contributed by atoms with van der Waals surface area (Å²) in [6, 6.07) is 10.8. The molecule has 0 bridgehead atoms. The van der Waals surface area contributed by atoms with Crippen LogP contribution in [0, 0.1) is 0 Å². The Balaban J connectivity index is 1.75. The predicted octanol–water partition coefficient (Wildman–Crippen LogP) is 3.64. The molecule has 1 atom stereocenters. The molecule has 0 saturated carbocycles. The Labute approximate surface area is 148 Å². The molecule has 0 radical (unpaired) electrons. The number of hydrogen-bond donors (Lipinski definition) is 1. The standard InChI is InChI=1S/C18H24N2O2S2/c21-24(22,17-8-4-3-5-9-17)19-14-18(16-10-13-23-15-16)20-11-6-1-2-7-12-20/h3-5,8-10,13,15,18-19H,1-2,6-7,11-12,14H2/t18-/m0/s1. The normalized spacial score (nSPS) is 18.2. The van der Waals surface area contributed by atoms with Crippen LogP contribution >= 0.6 is 11.3 Å². The fourth-order valence-electron chi connectivity index (χ4n) is 3.20. The number of thiophene rings is 1. The Bertz CT molecular complexity index is 707. The van der Waals surface area contributed by atoms with Crippen LogP contribution in [0.1, 0.15) is 37.3 Å². The maximum atomic E-state index is 12.5. The zero-order valence-electron chi connectivity index (χ0n) is 13.7. The summed E-state index contributed by atoms with van der Waals surface area (Å²) in [7, 11) is -3.47. The molecular formula is C18H24N2O2S2. The quantitative estimate of drug-likeness (QED) is 0.851. The van der Waals surface area contributed by atoms with Crippen molar-refractivity contribution >= 4 is 21.4 Å². The van der Waals surface area contributed by atoms with Crippen molar-refractivity contribution in [2.45, 2.75) is 36.6 Å². The van der Waals surface area contributed by atoms with Gasteiger partial charge in [0.2, 0.25) is 10.0 Å². The summed E-state index contributed by atoms with van der Waals surface area (Å²) in [4.78, 5) is 2.76. The zero-order valence-corrected chi connectivity index (χ0v) is 15.4. The molecule has 0 spiro atoms. The topological polar surface area (TPSA) is 49.4 Å². The van der Waals surface area contributed by atoms with Gasteiger partial charge in [-0.25, -0.2) is 13.1 Å². The maximum Gasteiger partial charge on any atom is 0.240 e. The summed E-state index contributed by atoms with van der Waals surface area (Å²) in [5, 5.41) is 4.19. The van der Waals surface area contributed by atoms with E-state index < -0.39 is 10.0 Å². The van der Waals surface area contributed by atoms with Crippen molar-refractivity contribution in [2.75, 3.05) is 19.6 Å². The molecule has 6 heteroatoms.